The topological polar surface area (TPSA) is 63.5 Å². The van der Waals surface area contributed by atoms with Crippen molar-refractivity contribution in [1.82, 2.24) is 4.73 Å². The van der Waals surface area contributed by atoms with Crippen molar-refractivity contribution in [1.29, 1.82) is 0 Å². The molecule has 0 radical (unpaired) electrons. The van der Waals surface area contributed by atoms with Crippen LogP contribution < -0.4 is 11.2 Å². The maximum absolute atomic E-state index is 9.17. The molecule has 0 saturated carbocycles. The third-order valence-corrected chi connectivity index (χ3v) is 1.25. The monoisotopic (exact) mass is 153 g/mol. The van der Waals surface area contributed by atoms with E-state index in [2.05, 4.69) is 4.99 Å². The normalized spacial score (nSPS) is 11.9. The van der Waals surface area contributed by atoms with Crippen molar-refractivity contribution in [2.75, 3.05) is 12.3 Å². The lowest BCUT2D eigenvalue weighted by molar-refractivity contribution is 0.172. The van der Waals surface area contributed by atoms with Crippen molar-refractivity contribution >= 4 is 5.69 Å². The van der Waals surface area contributed by atoms with Crippen LogP contribution in [0.1, 0.15) is 6.92 Å². The Morgan fingerprint density at radius 3 is 2.91 bits per heavy atom. The molecular weight excluding hydrogens is 142 g/mol. The van der Waals surface area contributed by atoms with Gasteiger partial charge in [-0.05, 0) is 19.1 Å². The highest BCUT2D eigenvalue weighted by Gasteiger charge is 1.88. The molecule has 1 rings (SSSR count). The van der Waals surface area contributed by atoms with E-state index >= 15 is 0 Å². The van der Waals surface area contributed by atoms with Gasteiger partial charge in [-0.2, -0.15) is 4.73 Å². The van der Waals surface area contributed by atoms with Crippen LogP contribution in [-0.2, 0) is 0 Å². The minimum atomic E-state index is 0.515. The minimum Gasteiger partial charge on any atom is -0.427 e. The highest BCUT2D eigenvalue weighted by Crippen LogP contribution is 1.92. The van der Waals surface area contributed by atoms with Gasteiger partial charge in [0.05, 0.1) is 11.9 Å². The van der Waals surface area contributed by atoms with Gasteiger partial charge in [-0.3, -0.25) is 4.99 Å². The van der Waals surface area contributed by atoms with Gasteiger partial charge >= 0.3 is 0 Å². The number of pyridine rings is 1. The Labute approximate surface area is 64.6 Å². The average Bonchev–Trinajstić information content (AvgIpc) is 1.95. The first-order valence-corrected chi connectivity index (χ1v) is 3.42. The lowest BCUT2D eigenvalue weighted by atomic mass is 10.4. The largest absolute Gasteiger partial charge is 0.427 e. The van der Waals surface area contributed by atoms with Crippen molar-refractivity contribution in [3.63, 3.8) is 0 Å². The fraction of sp³-hybridized carbons (Fsp3) is 0.286. The first kappa shape index (κ1) is 7.65. The molecule has 0 aliphatic carbocycles. The first-order valence-electron chi connectivity index (χ1n) is 3.42. The molecule has 4 nitrogen and oxygen atoms in total. The van der Waals surface area contributed by atoms with E-state index in [1.165, 1.54) is 6.20 Å². The standard InChI is InChI=1S/C7H11N3O/c1-2-9-7-4-3-6(8)5-10(7)11/h3-5,11H,2,8H2,1H3. The molecule has 60 valence electrons. The maximum Gasteiger partial charge on any atom is 0.163 e. The third kappa shape index (κ3) is 1.73. The Kier molecular flexibility index (Phi) is 2.15. The van der Waals surface area contributed by atoms with E-state index in [0.717, 1.165) is 4.73 Å². The predicted octanol–water partition coefficient (Wildman–Crippen LogP) is 0.228. The first-order chi connectivity index (χ1) is 5.24. The van der Waals surface area contributed by atoms with E-state index < -0.39 is 0 Å². The van der Waals surface area contributed by atoms with Crippen molar-refractivity contribution in [2.45, 2.75) is 6.92 Å². The summed E-state index contributed by atoms with van der Waals surface area (Å²) in [4.78, 5) is 4.00. The molecule has 0 fully saturated rings. The van der Waals surface area contributed by atoms with Crippen LogP contribution in [0.4, 0.5) is 5.69 Å². The zero-order valence-electron chi connectivity index (χ0n) is 6.36. The second-order valence-electron chi connectivity index (χ2n) is 2.14. The highest BCUT2D eigenvalue weighted by atomic mass is 16.5. The molecular formula is C7H11N3O. The number of hydrogen-bond donors (Lipinski definition) is 2. The summed E-state index contributed by atoms with van der Waals surface area (Å²) in [6, 6.07) is 3.36. The maximum atomic E-state index is 9.17. The Hall–Kier alpha value is -1.45. The van der Waals surface area contributed by atoms with Crippen LogP contribution in [-0.4, -0.2) is 16.5 Å². The van der Waals surface area contributed by atoms with E-state index in [-0.39, 0.29) is 0 Å². The molecule has 0 bridgehead atoms. The van der Waals surface area contributed by atoms with Crippen LogP contribution in [0.5, 0.6) is 0 Å². The number of hydrogen-bond acceptors (Lipinski definition) is 3. The van der Waals surface area contributed by atoms with Crippen LogP contribution >= 0.6 is 0 Å². The van der Waals surface area contributed by atoms with Gasteiger partial charge in [-0.25, -0.2) is 0 Å². The molecule has 0 aliphatic heterocycles. The number of rotatable bonds is 1. The van der Waals surface area contributed by atoms with Crippen LogP contribution in [0.25, 0.3) is 0 Å². The lowest BCUT2D eigenvalue weighted by Gasteiger charge is -1.98. The second-order valence-corrected chi connectivity index (χ2v) is 2.14. The molecule has 0 saturated heterocycles. The van der Waals surface area contributed by atoms with Gasteiger partial charge in [0.25, 0.3) is 0 Å². The Morgan fingerprint density at radius 2 is 2.36 bits per heavy atom. The summed E-state index contributed by atoms with van der Waals surface area (Å²) in [5.41, 5.74) is 6.43. The van der Waals surface area contributed by atoms with Gasteiger partial charge < -0.3 is 10.9 Å². The molecule has 11 heavy (non-hydrogen) atoms. The Balaban J connectivity index is 3.20. The summed E-state index contributed by atoms with van der Waals surface area (Å²) in [5, 5.41) is 9.17. The Bertz CT molecular complexity index is 303. The molecule has 0 amide bonds. The number of anilines is 1. The van der Waals surface area contributed by atoms with Crippen molar-refractivity contribution in [2.24, 2.45) is 4.99 Å². The van der Waals surface area contributed by atoms with Crippen LogP contribution in [0.3, 0.4) is 0 Å². The van der Waals surface area contributed by atoms with E-state index in [4.69, 9.17) is 10.9 Å². The van der Waals surface area contributed by atoms with E-state index in [9.17, 15) is 0 Å². The molecule has 4 heteroatoms. The van der Waals surface area contributed by atoms with E-state index in [1.54, 1.807) is 12.1 Å². The van der Waals surface area contributed by atoms with Crippen molar-refractivity contribution in [3.8, 4) is 0 Å². The molecule has 1 heterocycles. The van der Waals surface area contributed by atoms with Crippen molar-refractivity contribution < 1.29 is 5.21 Å². The second kappa shape index (κ2) is 3.09. The summed E-state index contributed by atoms with van der Waals surface area (Å²) < 4.78 is 0.916. The molecule has 0 unspecified atom stereocenters. The molecule has 0 aromatic carbocycles. The van der Waals surface area contributed by atoms with Crippen LogP contribution in [0, 0.1) is 0 Å². The highest BCUT2D eigenvalue weighted by molar-refractivity contribution is 5.32. The van der Waals surface area contributed by atoms with Gasteiger partial charge in [0, 0.05) is 6.54 Å². The smallest absolute Gasteiger partial charge is 0.163 e. The molecule has 0 atom stereocenters. The minimum absolute atomic E-state index is 0.515. The van der Waals surface area contributed by atoms with Gasteiger partial charge in [0.15, 0.2) is 5.49 Å². The Morgan fingerprint density at radius 1 is 1.64 bits per heavy atom. The number of nitrogen functional groups attached to an aromatic ring is 1. The summed E-state index contributed by atoms with van der Waals surface area (Å²) in [7, 11) is 0. The quantitative estimate of drug-likeness (QED) is 0.567. The fourth-order valence-corrected chi connectivity index (χ4v) is 0.785. The number of nitrogens with two attached hydrogens (primary N) is 1. The van der Waals surface area contributed by atoms with Crippen molar-refractivity contribution in [3.05, 3.63) is 23.8 Å². The molecule has 0 aliphatic rings. The summed E-state index contributed by atoms with van der Waals surface area (Å²) in [6.45, 7) is 2.54. The predicted molar refractivity (Wildman–Crippen MR) is 42.1 cm³/mol. The van der Waals surface area contributed by atoms with Gasteiger partial charge in [0.1, 0.15) is 0 Å². The molecule has 0 spiro atoms. The number of aromatic nitrogens is 1. The number of nitrogens with zero attached hydrogens (tertiary/aromatic N) is 2. The summed E-state index contributed by atoms with van der Waals surface area (Å²) in [6.07, 6.45) is 1.41. The average molecular weight is 153 g/mol. The van der Waals surface area contributed by atoms with Gasteiger partial charge in [-0.1, -0.05) is 0 Å². The zero-order chi connectivity index (χ0) is 8.27. The SMILES string of the molecule is CCN=c1ccc(N)cn1O. The third-order valence-electron chi connectivity index (χ3n) is 1.25. The van der Waals surface area contributed by atoms with Gasteiger partial charge in [0.2, 0.25) is 0 Å². The van der Waals surface area contributed by atoms with Gasteiger partial charge in [-0.15, -0.1) is 0 Å². The van der Waals surface area contributed by atoms with Crippen LogP contribution in [0.2, 0.25) is 0 Å². The zero-order valence-corrected chi connectivity index (χ0v) is 6.36. The molecule has 1 aromatic rings. The molecule has 3 N–H and O–H groups in total. The summed E-state index contributed by atoms with van der Waals surface area (Å²) >= 11 is 0. The van der Waals surface area contributed by atoms with Crippen LogP contribution in [0.15, 0.2) is 23.3 Å². The van der Waals surface area contributed by atoms with E-state index in [1.807, 2.05) is 6.92 Å². The van der Waals surface area contributed by atoms with E-state index in [0.29, 0.717) is 17.7 Å². The molecule has 1 aromatic heterocycles. The summed E-state index contributed by atoms with van der Waals surface area (Å²) in [5.74, 6) is 0. The fourth-order valence-electron chi connectivity index (χ4n) is 0.785. The lowest BCUT2D eigenvalue weighted by Crippen LogP contribution is -2.18.